The second kappa shape index (κ2) is 15.1. The first-order valence-corrected chi connectivity index (χ1v) is 23.7. The molecule has 0 N–H and O–H groups in total. The molecule has 0 radical (unpaired) electrons. The molecule has 0 atom stereocenters. The zero-order valence-corrected chi connectivity index (χ0v) is 38.2. The highest BCUT2D eigenvalue weighted by atomic mass is 16.3. The van der Waals surface area contributed by atoms with E-state index in [1.165, 1.54) is 43.8 Å². The number of anilines is 6. The summed E-state index contributed by atoms with van der Waals surface area (Å²) in [7, 11) is 0. The molecule has 13 aromatic rings. The van der Waals surface area contributed by atoms with Crippen LogP contribution in [0.25, 0.3) is 87.7 Å². The van der Waals surface area contributed by atoms with Crippen molar-refractivity contribution >= 4 is 99.5 Å². The number of fused-ring (bicyclic) bond motifs is 10. The number of furan rings is 2. The Kier molecular flexibility index (Phi) is 8.59. The van der Waals surface area contributed by atoms with Crippen molar-refractivity contribution in [3.63, 3.8) is 0 Å². The molecule has 0 fully saturated rings. The fourth-order valence-corrected chi connectivity index (χ4v) is 11.4. The molecule has 0 saturated carbocycles. The van der Waals surface area contributed by atoms with Crippen LogP contribution in [0.1, 0.15) is 25.0 Å². The van der Waals surface area contributed by atoms with Crippen LogP contribution in [0, 0.1) is 0 Å². The van der Waals surface area contributed by atoms with Crippen LogP contribution in [0.4, 0.5) is 34.1 Å². The van der Waals surface area contributed by atoms with Crippen molar-refractivity contribution in [2.45, 2.75) is 19.3 Å². The number of rotatable bonds is 7. The Labute approximate surface area is 399 Å². The summed E-state index contributed by atoms with van der Waals surface area (Å²) in [6.07, 6.45) is 0. The lowest BCUT2D eigenvalue weighted by Crippen LogP contribution is -2.24. The molecule has 0 spiro atoms. The van der Waals surface area contributed by atoms with Gasteiger partial charge >= 0.3 is 0 Å². The first kappa shape index (κ1) is 39.3. The third-order valence-corrected chi connectivity index (χ3v) is 14.6. The van der Waals surface area contributed by atoms with Gasteiger partial charge in [0.1, 0.15) is 11.2 Å². The lowest BCUT2D eigenvalue weighted by atomic mass is 9.68. The predicted octanol–water partition coefficient (Wildman–Crippen LogP) is 18.7. The van der Waals surface area contributed by atoms with E-state index in [4.69, 9.17) is 8.83 Å². The summed E-state index contributed by atoms with van der Waals surface area (Å²) in [6, 6.07) is 82.9. The molecule has 1 aliphatic rings. The van der Waals surface area contributed by atoms with Gasteiger partial charge in [0, 0.05) is 55.3 Å². The van der Waals surface area contributed by atoms with Crippen molar-refractivity contribution in [1.29, 1.82) is 0 Å². The summed E-state index contributed by atoms with van der Waals surface area (Å²) in [4.78, 5) is 4.71. The largest absolute Gasteiger partial charge is 0.454 e. The smallest absolute Gasteiger partial charge is 0.159 e. The molecule has 14 rings (SSSR count). The average molecular weight is 885 g/mol. The molecule has 0 unspecified atom stereocenters. The van der Waals surface area contributed by atoms with Gasteiger partial charge in [-0.3, -0.25) is 0 Å². The molecule has 0 saturated heterocycles. The number of hydrogen-bond donors (Lipinski definition) is 0. The second-order valence-electron chi connectivity index (χ2n) is 18.8. The first-order chi connectivity index (χ1) is 34.0. The van der Waals surface area contributed by atoms with Gasteiger partial charge in [-0.15, -0.1) is 0 Å². The van der Waals surface area contributed by atoms with Gasteiger partial charge in [-0.2, -0.15) is 0 Å². The molecule has 0 aliphatic heterocycles. The van der Waals surface area contributed by atoms with Crippen molar-refractivity contribution in [3.8, 4) is 22.3 Å². The standard InChI is InChI=1S/C65H44N2O2/c1-65(2)56-30-15-26-50-54-39-45(66(43-20-8-4-9-21-43)58-31-16-28-51-49-24-12-13-33-60(49)68-63(51)58)35-34-42(54)38-55(61(50)56)48-37-36-46(40-57(48)65)67(44-22-10-5-11-23-44)59-32-17-29-53-52-27-14-25-47(62(52)69-64(53)59)41-18-6-3-7-19-41/h3-40H,1-2H3. The first-order valence-electron chi connectivity index (χ1n) is 23.7. The lowest BCUT2D eigenvalue weighted by molar-refractivity contribution is 0.645. The average Bonchev–Trinajstić information content (AvgIpc) is 3.99. The third-order valence-electron chi connectivity index (χ3n) is 14.6. The quantitative estimate of drug-likeness (QED) is 0.149. The van der Waals surface area contributed by atoms with Crippen molar-refractivity contribution in [1.82, 2.24) is 0 Å². The minimum absolute atomic E-state index is 0.325. The van der Waals surface area contributed by atoms with Gasteiger partial charge in [0.05, 0.1) is 11.4 Å². The van der Waals surface area contributed by atoms with Crippen LogP contribution in [-0.4, -0.2) is 0 Å². The van der Waals surface area contributed by atoms with Crippen molar-refractivity contribution < 1.29 is 8.83 Å². The molecule has 2 aromatic heterocycles. The van der Waals surface area contributed by atoms with E-state index in [0.29, 0.717) is 0 Å². The van der Waals surface area contributed by atoms with E-state index in [0.717, 1.165) is 89.1 Å². The van der Waals surface area contributed by atoms with E-state index < -0.39 is 0 Å². The van der Waals surface area contributed by atoms with E-state index in [1.54, 1.807) is 0 Å². The molecule has 0 bridgehead atoms. The summed E-state index contributed by atoms with van der Waals surface area (Å²) in [6.45, 7) is 4.77. The normalized spacial score (nSPS) is 12.9. The molecular weight excluding hydrogens is 841 g/mol. The Bertz CT molecular complexity index is 4170. The number of benzene rings is 11. The zero-order chi connectivity index (χ0) is 45.8. The Morgan fingerprint density at radius 3 is 1.61 bits per heavy atom. The molecule has 1 aliphatic carbocycles. The highest BCUT2D eigenvalue weighted by molar-refractivity contribution is 6.19. The molecule has 4 heteroatoms. The highest BCUT2D eigenvalue weighted by Gasteiger charge is 2.35. The van der Waals surface area contributed by atoms with Crippen LogP contribution in [0.3, 0.4) is 0 Å². The van der Waals surface area contributed by atoms with E-state index in [1.807, 2.05) is 6.07 Å². The van der Waals surface area contributed by atoms with Crippen LogP contribution in [-0.2, 0) is 5.41 Å². The van der Waals surface area contributed by atoms with Gasteiger partial charge in [-0.1, -0.05) is 172 Å². The monoisotopic (exact) mass is 884 g/mol. The van der Waals surface area contributed by atoms with Gasteiger partial charge < -0.3 is 18.6 Å². The molecule has 326 valence electrons. The zero-order valence-electron chi connectivity index (χ0n) is 38.2. The van der Waals surface area contributed by atoms with Gasteiger partial charge in [0.2, 0.25) is 0 Å². The maximum atomic E-state index is 7.03. The van der Waals surface area contributed by atoms with E-state index in [2.05, 4.69) is 248 Å². The maximum absolute atomic E-state index is 7.03. The van der Waals surface area contributed by atoms with E-state index in [-0.39, 0.29) is 5.41 Å². The molecular formula is C65H44N2O2. The SMILES string of the molecule is CC1(C)c2cc(N(c3ccccc3)c3cccc4c3oc3c(-c5ccccc5)cccc34)ccc2-c2cc3ccc(N(c4ccccc4)c4cccc5c4oc4ccccc45)cc3c3cccc1c23. The molecule has 69 heavy (non-hydrogen) atoms. The topological polar surface area (TPSA) is 32.8 Å². The Balaban J connectivity index is 0.939. The number of nitrogens with zero attached hydrogens (tertiary/aromatic N) is 2. The fraction of sp³-hybridized carbons (Fsp3) is 0.0462. The van der Waals surface area contributed by atoms with Crippen molar-refractivity contribution in [3.05, 3.63) is 242 Å². The van der Waals surface area contributed by atoms with Crippen LogP contribution < -0.4 is 9.80 Å². The number of para-hydroxylation sites is 6. The van der Waals surface area contributed by atoms with Gasteiger partial charge in [0.25, 0.3) is 0 Å². The fourth-order valence-electron chi connectivity index (χ4n) is 11.4. The Morgan fingerprint density at radius 2 is 0.884 bits per heavy atom. The molecule has 2 heterocycles. The third kappa shape index (κ3) is 5.95. The highest BCUT2D eigenvalue weighted by Crippen LogP contribution is 2.53. The predicted molar refractivity (Wildman–Crippen MR) is 288 cm³/mol. The van der Waals surface area contributed by atoms with Gasteiger partial charge in [-0.25, -0.2) is 0 Å². The van der Waals surface area contributed by atoms with Gasteiger partial charge in [0.15, 0.2) is 11.2 Å². The van der Waals surface area contributed by atoms with Crippen LogP contribution in [0.15, 0.2) is 239 Å². The minimum atomic E-state index is -0.325. The Hall–Kier alpha value is -8.86. The van der Waals surface area contributed by atoms with E-state index in [9.17, 15) is 0 Å². The Morgan fingerprint density at radius 1 is 0.333 bits per heavy atom. The van der Waals surface area contributed by atoms with Gasteiger partial charge in [-0.05, 0) is 122 Å². The van der Waals surface area contributed by atoms with E-state index >= 15 is 0 Å². The van der Waals surface area contributed by atoms with Crippen molar-refractivity contribution in [2.24, 2.45) is 0 Å². The van der Waals surface area contributed by atoms with Crippen LogP contribution in [0.5, 0.6) is 0 Å². The summed E-state index contributed by atoms with van der Waals surface area (Å²) in [5, 5.41) is 9.38. The summed E-state index contributed by atoms with van der Waals surface area (Å²) >= 11 is 0. The lowest BCUT2D eigenvalue weighted by Gasteiger charge is -2.37. The molecule has 0 amide bonds. The summed E-state index contributed by atoms with van der Waals surface area (Å²) < 4.78 is 13.7. The van der Waals surface area contributed by atoms with Crippen LogP contribution in [0.2, 0.25) is 0 Å². The van der Waals surface area contributed by atoms with Crippen molar-refractivity contribution in [2.75, 3.05) is 9.80 Å². The summed E-state index contributed by atoms with van der Waals surface area (Å²) in [5.41, 5.74) is 16.8. The minimum Gasteiger partial charge on any atom is -0.454 e. The number of hydrogen-bond acceptors (Lipinski definition) is 4. The maximum Gasteiger partial charge on any atom is 0.159 e. The molecule has 4 nitrogen and oxygen atoms in total. The summed E-state index contributed by atoms with van der Waals surface area (Å²) in [5.74, 6) is 0. The van der Waals surface area contributed by atoms with Crippen LogP contribution >= 0.6 is 0 Å². The second-order valence-corrected chi connectivity index (χ2v) is 18.8. The molecule has 11 aromatic carbocycles.